The lowest BCUT2D eigenvalue weighted by Crippen LogP contribution is -2.27. The van der Waals surface area contributed by atoms with E-state index >= 15 is 0 Å². The van der Waals surface area contributed by atoms with Gasteiger partial charge < -0.3 is 4.74 Å². The molecular formula is C18H23NO3S. The lowest BCUT2D eigenvalue weighted by molar-refractivity contribution is 0.126. The predicted octanol–water partition coefficient (Wildman–Crippen LogP) is 3.13. The second-order valence-electron chi connectivity index (χ2n) is 5.33. The Bertz CT molecular complexity index is 682. The van der Waals surface area contributed by atoms with Crippen molar-refractivity contribution in [3.63, 3.8) is 0 Å². The van der Waals surface area contributed by atoms with E-state index in [2.05, 4.69) is 11.6 Å². The third kappa shape index (κ3) is 5.78. The highest BCUT2D eigenvalue weighted by molar-refractivity contribution is 7.89. The summed E-state index contributed by atoms with van der Waals surface area (Å²) < 4.78 is 32.4. The van der Waals surface area contributed by atoms with E-state index in [9.17, 15) is 8.42 Å². The minimum Gasteiger partial charge on any atom is -0.375 e. The molecule has 0 saturated carbocycles. The normalized spacial score (nSPS) is 11.5. The topological polar surface area (TPSA) is 55.4 Å². The third-order valence-electron chi connectivity index (χ3n) is 3.42. The molecule has 0 aliphatic carbocycles. The summed E-state index contributed by atoms with van der Waals surface area (Å²) in [6.07, 6.45) is 2.00. The van der Waals surface area contributed by atoms with Gasteiger partial charge in [-0.05, 0) is 29.7 Å². The van der Waals surface area contributed by atoms with Gasteiger partial charge in [-0.3, -0.25) is 0 Å². The monoisotopic (exact) mass is 333 g/mol. The van der Waals surface area contributed by atoms with Crippen LogP contribution in [0.25, 0.3) is 0 Å². The maximum Gasteiger partial charge on any atom is 0.240 e. The van der Waals surface area contributed by atoms with E-state index in [-0.39, 0.29) is 6.54 Å². The lowest BCUT2D eigenvalue weighted by atomic mass is 10.1. The Morgan fingerprint density at radius 2 is 1.65 bits per heavy atom. The predicted molar refractivity (Wildman–Crippen MR) is 91.7 cm³/mol. The first-order valence-electron chi connectivity index (χ1n) is 7.82. The van der Waals surface area contributed by atoms with Crippen LogP contribution in [-0.2, 0) is 27.8 Å². The highest BCUT2D eigenvalue weighted by atomic mass is 32.2. The summed E-state index contributed by atoms with van der Waals surface area (Å²) in [5.74, 6) is 0. The number of benzene rings is 2. The van der Waals surface area contributed by atoms with Gasteiger partial charge in [0, 0.05) is 6.54 Å². The Balaban J connectivity index is 1.77. The van der Waals surface area contributed by atoms with Crippen LogP contribution in [0.3, 0.4) is 0 Å². The van der Waals surface area contributed by atoms with E-state index < -0.39 is 10.0 Å². The molecule has 0 fully saturated rings. The van der Waals surface area contributed by atoms with Crippen molar-refractivity contribution in [2.75, 3.05) is 13.2 Å². The van der Waals surface area contributed by atoms with Gasteiger partial charge in [-0.1, -0.05) is 55.8 Å². The average Bonchev–Trinajstić information content (AvgIpc) is 2.56. The molecule has 0 radical (unpaired) electrons. The van der Waals surface area contributed by atoms with Crippen molar-refractivity contribution >= 4 is 10.0 Å². The highest BCUT2D eigenvalue weighted by Gasteiger charge is 2.12. The fourth-order valence-electron chi connectivity index (χ4n) is 2.22. The van der Waals surface area contributed by atoms with Crippen molar-refractivity contribution in [2.45, 2.75) is 31.3 Å². The molecule has 2 rings (SSSR count). The fourth-order valence-corrected chi connectivity index (χ4v) is 3.23. The molecule has 0 saturated heterocycles. The molecule has 0 aliphatic heterocycles. The summed E-state index contributed by atoms with van der Waals surface area (Å²) >= 11 is 0. The van der Waals surface area contributed by atoms with Gasteiger partial charge in [-0.2, -0.15) is 0 Å². The largest absolute Gasteiger partial charge is 0.375 e. The van der Waals surface area contributed by atoms with E-state index in [0.717, 1.165) is 24.0 Å². The van der Waals surface area contributed by atoms with Gasteiger partial charge in [-0.15, -0.1) is 0 Å². The van der Waals surface area contributed by atoms with E-state index in [4.69, 9.17) is 4.74 Å². The Hall–Kier alpha value is -1.69. The maximum atomic E-state index is 12.2. The van der Waals surface area contributed by atoms with Crippen LogP contribution in [0.2, 0.25) is 0 Å². The second kappa shape index (κ2) is 8.82. The molecule has 5 heteroatoms. The Labute approximate surface area is 138 Å². The van der Waals surface area contributed by atoms with Crippen molar-refractivity contribution in [1.82, 2.24) is 4.72 Å². The number of rotatable bonds is 9. The van der Waals surface area contributed by atoms with Gasteiger partial charge in [-0.25, -0.2) is 13.1 Å². The number of hydrogen-bond acceptors (Lipinski definition) is 3. The first-order chi connectivity index (χ1) is 11.1. The minimum absolute atomic E-state index is 0.256. The average molecular weight is 333 g/mol. The van der Waals surface area contributed by atoms with E-state index in [1.54, 1.807) is 12.1 Å². The fraction of sp³-hybridized carbons (Fsp3) is 0.333. The van der Waals surface area contributed by atoms with Gasteiger partial charge in [0.2, 0.25) is 10.0 Å². The molecule has 0 aromatic heterocycles. The first-order valence-corrected chi connectivity index (χ1v) is 9.30. The minimum atomic E-state index is -3.47. The SMILES string of the molecule is CCCc1ccc(S(=O)(=O)NCCOCc2ccccc2)cc1. The summed E-state index contributed by atoms with van der Waals surface area (Å²) in [7, 11) is -3.47. The van der Waals surface area contributed by atoms with Gasteiger partial charge in [0.15, 0.2) is 0 Å². The van der Waals surface area contributed by atoms with Gasteiger partial charge in [0.1, 0.15) is 0 Å². The van der Waals surface area contributed by atoms with Crippen LogP contribution in [0.1, 0.15) is 24.5 Å². The Morgan fingerprint density at radius 3 is 2.30 bits per heavy atom. The van der Waals surface area contributed by atoms with E-state index in [1.165, 1.54) is 0 Å². The van der Waals surface area contributed by atoms with Crippen LogP contribution in [0.15, 0.2) is 59.5 Å². The van der Waals surface area contributed by atoms with Crippen molar-refractivity contribution in [3.05, 3.63) is 65.7 Å². The van der Waals surface area contributed by atoms with Crippen LogP contribution < -0.4 is 4.72 Å². The molecule has 23 heavy (non-hydrogen) atoms. The summed E-state index contributed by atoms with van der Waals surface area (Å²) in [6.45, 7) is 3.17. The van der Waals surface area contributed by atoms with Crippen LogP contribution >= 0.6 is 0 Å². The van der Waals surface area contributed by atoms with E-state index in [1.807, 2.05) is 42.5 Å². The van der Waals surface area contributed by atoms with Gasteiger partial charge in [0.05, 0.1) is 18.1 Å². The number of ether oxygens (including phenoxy) is 1. The molecule has 0 aliphatic rings. The van der Waals surface area contributed by atoms with Crippen LogP contribution in [0.5, 0.6) is 0 Å². The number of sulfonamides is 1. The zero-order valence-corrected chi connectivity index (χ0v) is 14.2. The smallest absolute Gasteiger partial charge is 0.240 e. The van der Waals surface area contributed by atoms with Crippen molar-refractivity contribution in [2.24, 2.45) is 0 Å². The van der Waals surface area contributed by atoms with Crippen molar-refractivity contribution in [1.29, 1.82) is 0 Å². The molecule has 2 aromatic rings. The van der Waals surface area contributed by atoms with Crippen molar-refractivity contribution < 1.29 is 13.2 Å². The van der Waals surface area contributed by atoms with Gasteiger partial charge >= 0.3 is 0 Å². The molecule has 0 spiro atoms. The Morgan fingerprint density at radius 1 is 0.957 bits per heavy atom. The quantitative estimate of drug-likeness (QED) is 0.717. The molecule has 124 valence electrons. The summed E-state index contributed by atoms with van der Waals surface area (Å²) in [5.41, 5.74) is 2.22. The molecule has 0 heterocycles. The molecule has 0 bridgehead atoms. The van der Waals surface area contributed by atoms with Crippen LogP contribution in [-0.4, -0.2) is 21.6 Å². The summed E-state index contributed by atoms with van der Waals surface area (Å²) in [4.78, 5) is 0.292. The molecular weight excluding hydrogens is 310 g/mol. The second-order valence-corrected chi connectivity index (χ2v) is 7.10. The lowest BCUT2D eigenvalue weighted by Gasteiger charge is -2.08. The van der Waals surface area contributed by atoms with Crippen LogP contribution in [0.4, 0.5) is 0 Å². The van der Waals surface area contributed by atoms with Crippen LogP contribution in [0, 0.1) is 0 Å². The zero-order chi connectivity index (χ0) is 16.5. The van der Waals surface area contributed by atoms with E-state index in [0.29, 0.717) is 18.1 Å². The molecule has 0 amide bonds. The molecule has 2 aromatic carbocycles. The number of aryl methyl sites for hydroxylation is 1. The highest BCUT2D eigenvalue weighted by Crippen LogP contribution is 2.11. The van der Waals surface area contributed by atoms with Crippen molar-refractivity contribution in [3.8, 4) is 0 Å². The molecule has 4 nitrogen and oxygen atoms in total. The van der Waals surface area contributed by atoms with Gasteiger partial charge in [0.25, 0.3) is 0 Å². The molecule has 0 atom stereocenters. The maximum absolute atomic E-state index is 12.2. The first kappa shape index (κ1) is 17.7. The zero-order valence-electron chi connectivity index (χ0n) is 13.4. The molecule has 1 N–H and O–H groups in total. The number of nitrogens with one attached hydrogen (secondary N) is 1. The summed E-state index contributed by atoms with van der Waals surface area (Å²) in [5, 5.41) is 0. The standard InChI is InChI=1S/C18H23NO3S/c1-2-6-16-9-11-18(12-10-16)23(20,21)19-13-14-22-15-17-7-4-3-5-8-17/h3-5,7-12,19H,2,6,13-15H2,1H3. The summed E-state index contributed by atoms with van der Waals surface area (Å²) in [6, 6.07) is 16.8. The Kier molecular flexibility index (Phi) is 6.77. The number of hydrogen-bond donors (Lipinski definition) is 1. The molecule has 0 unspecified atom stereocenters. The third-order valence-corrected chi connectivity index (χ3v) is 4.90.